The summed E-state index contributed by atoms with van der Waals surface area (Å²) in [6, 6.07) is 0.933. The minimum Gasteiger partial charge on any atom is -0.444 e. The van der Waals surface area contributed by atoms with Crippen LogP contribution in [0.5, 0.6) is 0 Å². The maximum absolute atomic E-state index is 12.7. The molecule has 0 spiro atoms. The molecule has 0 radical (unpaired) electrons. The third-order valence-electron chi connectivity index (χ3n) is 4.12. The van der Waals surface area contributed by atoms with Crippen LogP contribution in [0.25, 0.3) is 11.5 Å². The van der Waals surface area contributed by atoms with Crippen LogP contribution >= 0.6 is 0 Å². The highest BCUT2D eigenvalue weighted by Crippen LogP contribution is 2.32. The molecule has 27 heavy (non-hydrogen) atoms. The van der Waals surface area contributed by atoms with E-state index in [4.69, 9.17) is 9.26 Å². The Balaban J connectivity index is 1.70. The number of likely N-dealkylation sites (tertiary alicyclic amines) is 1. The van der Waals surface area contributed by atoms with Gasteiger partial charge in [-0.15, -0.1) is 0 Å². The second-order valence-corrected chi connectivity index (χ2v) is 7.52. The number of hydrogen-bond donors (Lipinski definition) is 1. The Morgan fingerprint density at radius 2 is 2.11 bits per heavy atom. The lowest BCUT2D eigenvalue weighted by atomic mass is 9.98. The summed E-state index contributed by atoms with van der Waals surface area (Å²) in [7, 11) is 0. The molecule has 1 aliphatic rings. The fourth-order valence-electron chi connectivity index (χ4n) is 2.87. The van der Waals surface area contributed by atoms with Gasteiger partial charge in [0.05, 0.1) is 17.2 Å². The number of aromatic amines is 1. The Labute approximate surface area is 153 Å². The molecule has 0 aliphatic carbocycles. The van der Waals surface area contributed by atoms with E-state index < -0.39 is 23.4 Å². The first-order chi connectivity index (χ1) is 12.5. The number of aromatic nitrogens is 3. The number of amides is 1. The highest BCUT2D eigenvalue weighted by Gasteiger charge is 2.33. The lowest BCUT2D eigenvalue weighted by Crippen LogP contribution is -2.42. The number of halogens is 3. The summed E-state index contributed by atoms with van der Waals surface area (Å²) in [5.74, 6) is 0.154. The predicted octanol–water partition coefficient (Wildman–Crippen LogP) is 4.20. The van der Waals surface area contributed by atoms with Crippen LogP contribution in [0.1, 0.15) is 51.0 Å². The quantitative estimate of drug-likeness (QED) is 0.836. The Kier molecular flexibility index (Phi) is 4.92. The second-order valence-electron chi connectivity index (χ2n) is 7.52. The molecular formula is C17H21F3N4O3. The van der Waals surface area contributed by atoms with Crippen molar-refractivity contribution < 1.29 is 27.2 Å². The van der Waals surface area contributed by atoms with Crippen LogP contribution in [-0.2, 0) is 10.9 Å². The Bertz CT molecular complexity index is 807. The molecular weight excluding hydrogens is 365 g/mol. The average Bonchev–Trinajstić information content (AvgIpc) is 3.22. The maximum atomic E-state index is 12.7. The molecule has 1 amide bonds. The number of piperidine rings is 1. The van der Waals surface area contributed by atoms with Crippen LogP contribution in [0.15, 0.2) is 16.8 Å². The minimum atomic E-state index is -4.45. The third kappa shape index (κ3) is 4.61. The number of H-pyrrole nitrogens is 1. The molecule has 0 saturated carbocycles. The summed E-state index contributed by atoms with van der Waals surface area (Å²) < 4.78 is 48.8. The van der Waals surface area contributed by atoms with E-state index in [0.29, 0.717) is 19.0 Å². The largest absolute Gasteiger partial charge is 0.444 e. The van der Waals surface area contributed by atoms with Crippen LogP contribution in [0, 0.1) is 0 Å². The average molecular weight is 386 g/mol. The van der Waals surface area contributed by atoms with Crippen molar-refractivity contribution in [3.05, 3.63) is 23.7 Å². The highest BCUT2D eigenvalue weighted by atomic mass is 19.4. The summed E-state index contributed by atoms with van der Waals surface area (Å²) in [6.45, 7) is 6.31. The summed E-state index contributed by atoms with van der Waals surface area (Å²) in [5.41, 5.74) is -1.28. The van der Waals surface area contributed by atoms with Gasteiger partial charge in [-0.3, -0.25) is 0 Å². The number of nitrogens with zero attached hydrogens (tertiary/aromatic N) is 3. The lowest BCUT2D eigenvalue weighted by molar-refractivity contribution is -0.137. The molecule has 148 valence electrons. The zero-order chi connectivity index (χ0) is 19.8. The van der Waals surface area contributed by atoms with Gasteiger partial charge in [0, 0.05) is 19.3 Å². The van der Waals surface area contributed by atoms with E-state index in [2.05, 4.69) is 15.1 Å². The smallest absolute Gasteiger partial charge is 0.417 e. The molecule has 1 fully saturated rings. The topological polar surface area (TPSA) is 84.2 Å². The summed E-state index contributed by atoms with van der Waals surface area (Å²) in [5, 5.41) is 3.77. The lowest BCUT2D eigenvalue weighted by Gasteiger charge is -2.32. The Morgan fingerprint density at radius 1 is 1.37 bits per heavy atom. The van der Waals surface area contributed by atoms with Gasteiger partial charge in [0.25, 0.3) is 0 Å². The fraction of sp³-hybridized carbons (Fsp3) is 0.588. The second kappa shape index (κ2) is 6.90. The number of carbonyl (C=O) groups is 1. The van der Waals surface area contributed by atoms with Crippen LogP contribution < -0.4 is 0 Å². The fourth-order valence-corrected chi connectivity index (χ4v) is 2.87. The van der Waals surface area contributed by atoms with Gasteiger partial charge in [-0.25, -0.2) is 4.79 Å². The summed E-state index contributed by atoms with van der Waals surface area (Å²) in [6.07, 6.45) is -2.53. The van der Waals surface area contributed by atoms with E-state index in [-0.39, 0.29) is 17.4 Å². The van der Waals surface area contributed by atoms with Crippen molar-refractivity contribution in [2.45, 2.75) is 51.3 Å². The highest BCUT2D eigenvalue weighted by molar-refractivity contribution is 5.68. The molecule has 7 nitrogen and oxygen atoms in total. The van der Waals surface area contributed by atoms with Gasteiger partial charge >= 0.3 is 12.3 Å². The number of alkyl halides is 3. The molecule has 1 aliphatic heterocycles. The third-order valence-corrected chi connectivity index (χ3v) is 4.12. The van der Waals surface area contributed by atoms with Crippen molar-refractivity contribution in [1.82, 2.24) is 20.0 Å². The number of nitrogens with one attached hydrogen (secondary N) is 1. The van der Waals surface area contributed by atoms with E-state index >= 15 is 0 Å². The van der Waals surface area contributed by atoms with Gasteiger partial charge < -0.3 is 19.1 Å². The van der Waals surface area contributed by atoms with Crippen LogP contribution in [0.2, 0.25) is 0 Å². The van der Waals surface area contributed by atoms with E-state index in [1.165, 1.54) is 0 Å². The molecule has 2 aromatic rings. The van der Waals surface area contributed by atoms with Gasteiger partial charge in [0.2, 0.25) is 11.7 Å². The number of ether oxygens (including phenoxy) is 1. The van der Waals surface area contributed by atoms with E-state index in [1.807, 2.05) is 0 Å². The standard InChI is InChI=1S/C17H21F3N4O3/c1-16(2,3)26-15(25)24-6-4-5-10(9-24)14-22-13(23-27-14)12-7-11(8-21-12)17(18,19)20/h7-8,10,21H,4-6,9H2,1-3H3. The van der Waals surface area contributed by atoms with Crippen molar-refractivity contribution in [1.29, 1.82) is 0 Å². The summed E-state index contributed by atoms with van der Waals surface area (Å²) in [4.78, 5) is 20.5. The van der Waals surface area contributed by atoms with Gasteiger partial charge in [0.1, 0.15) is 5.60 Å². The zero-order valence-electron chi connectivity index (χ0n) is 15.3. The van der Waals surface area contributed by atoms with Crippen LogP contribution in [0.3, 0.4) is 0 Å². The first-order valence-electron chi connectivity index (χ1n) is 8.60. The van der Waals surface area contributed by atoms with Crippen LogP contribution in [-0.4, -0.2) is 44.8 Å². The van der Waals surface area contributed by atoms with Gasteiger partial charge in [-0.05, 0) is 39.7 Å². The molecule has 0 aromatic carbocycles. The zero-order valence-corrected chi connectivity index (χ0v) is 15.3. The summed E-state index contributed by atoms with van der Waals surface area (Å²) >= 11 is 0. The Hall–Kier alpha value is -2.52. The van der Waals surface area contributed by atoms with Crippen molar-refractivity contribution in [2.75, 3.05) is 13.1 Å². The van der Waals surface area contributed by atoms with E-state index in [1.54, 1.807) is 25.7 Å². The molecule has 10 heteroatoms. The molecule has 2 aromatic heterocycles. The monoisotopic (exact) mass is 386 g/mol. The van der Waals surface area contributed by atoms with Crippen molar-refractivity contribution >= 4 is 6.09 Å². The first kappa shape index (κ1) is 19.2. The molecule has 1 N–H and O–H groups in total. The number of carbonyl (C=O) groups excluding carboxylic acids is 1. The normalized spacial score (nSPS) is 18.6. The van der Waals surface area contributed by atoms with Crippen LogP contribution in [0.4, 0.5) is 18.0 Å². The minimum absolute atomic E-state index is 0.0508. The van der Waals surface area contributed by atoms with Gasteiger partial charge in [-0.2, -0.15) is 18.2 Å². The predicted molar refractivity (Wildman–Crippen MR) is 88.9 cm³/mol. The SMILES string of the molecule is CC(C)(C)OC(=O)N1CCCC(c2nc(-c3cc(C(F)(F)F)c[nH]3)no2)C1. The van der Waals surface area contributed by atoms with Crippen molar-refractivity contribution in [3.8, 4) is 11.5 Å². The van der Waals surface area contributed by atoms with Gasteiger partial charge in [0.15, 0.2) is 0 Å². The van der Waals surface area contributed by atoms with Gasteiger partial charge in [-0.1, -0.05) is 5.16 Å². The van der Waals surface area contributed by atoms with E-state index in [9.17, 15) is 18.0 Å². The molecule has 3 rings (SSSR count). The van der Waals surface area contributed by atoms with Crippen molar-refractivity contribution in [3.63, 3.8) is 0 Å². The molecule has 1 atom stereocenters. The molecule has 0 bridgehead atoms. The van der Waals surface area contributed by atoms with Crippen molar-refractivity contribution in [2.24, 2.45) is 0 Å². The molecule has 1 unspecified atom stereocenters. The molecule has 1 saturated heterocycles. The van der Waals surface area contributed by atoms with E-state index in [0.717, 1.165) is 25.1 Å². The Morgan fingerprint density at radius 3 is 2.74 bits per heavy atom. The molecule has 3 heterocycles. The first-order valence-corrected chi connectivity index (χ1v) is 8.60. The number of hydrogen-bond acceptors (Lipinski definition) is 5. The number of rotatable bonds is 2. The maximum Gasteiger partial charge on any atom is 0.417 e.